The quantitative estimate of drug-likeness (QED) is 0.484. The van der Waals surface area contributed by atoms with Crippen molar-refractivity contribution >= 4 is 44.2 Å². The molecule has 8 heteroatoms. The van der Waals surface area contributed by atoms with E-state index in [1.807, 2.05) is 12.1 Å². The van der Waals surface area contributed by atoms with Gasteiger partial charge in [-0.3, -0.25) is 9.69 Å². The lowest BCUT2D eigenvalue weighted by atomic mass is 9.99. The number of aromatic nitrogens is 3. The van der Waals surface area contributed by atoms with Gasteiger partial charge in [0.15, 0.2) is 0 Å². The number of amides is 1. The molecular weight excluding hydrogens is 386 g/mol. The molecule has 0 unspecified atom stereocenters. The van der Waals surface area contributed by atoms with Gasteiger partial charge < -0.3 is 15.3 Å². The molecular formula is C21H21N5O2S. The summed E-state index contributed by atoms with van der Waals surface area (Å²) in [6, 6.07) is 13.6. The molecule has 0 aliphatic carbocycles. The molecule has 1 aliphatic heterocycles. The van der Waals surface area contributed by atoms with Crippen molar-refractivity contribution in [2.75, 3.05) is 25.0 Å². The van der Waals surface area contributed by atoms with Crippen LogP contribution < -0.4 is 11.0 Å². The monoisotopic (exact) mass is 407 g/mol. The number of hydrogen-bond donors (Lipinski definition) is 3. The number of thiazole rings is 1. The van der Waals surface area contributed by atoms with Gasteiger partial charge >= 0.3 is 5.69 Å². The molecule has 3 heterocycles. The van der Waals surface area contributed by atoms with Crippen molar-refractivity contribution in [1.29, 1.82) is 0 Å². The van der Waals surface area contributed by atoms with Crippen molar-refractivity contribution in [3.8, 4) is 0 Å². The Hall–Kier alpha value is -2.97. The number of aromatic amines is 2. The van der Waals surface area contributed by atoms with Gasteiger partial charge in [-0.05, 0) is 49.7 Å². The van der Waals surface area contributed by atoms with Gasteiger partial charge in [-0.2, -0.15) is 0 Å². The maximum atomic E-state index is 12.6. The fraction of sp³-hybridized carbons (Fsp3) is 0.286. The van der Waals surface area contributed by atoms with E-state index < -0.39 is 0 Å². The molecule has 1 fully saturated rings. The van der Waals surface area contributed by atoms with E-state index in [1.54, 1.807) is 29.5 Å². The molecule has 2 aromatic heterocycles. The average Bonchev–Trinajstić information content (AvgIpc) is 3.30. The van der Waals surface area contributed by atoms with Crippen molar-refractivity contribution in [3.63, 3.8) is 0 Å². The smallest absolute Gasteiger partial charge is 0.323 e. The highest BCUT2D eigenvalue weighted by Gasteiger charge is 2.25. The number of rotatable bonds is 4. The van der Waals surface area contributed by atoms with Crippen LogP contribution in [0, 0.1) is 0 Å². The predicted molar refractivity (Wildman–Crippen MR) is 116 cm³/mol. The molecule has 4 aromatic rings. The minimum Gasteiger partial charge on any atom is -0.325 e. The van der Waals surface area contributed by atoms with Crippen LogP contribution in [0.3, 0.4) is 0 Å². The van der Waals surface area contributed by atoms with Gasteiger partial charge in [-0.25, -0.2) is 9.78 Å². The molecule has 3 N–H and O–H groups in total. The summed E-state index contributed by atoms with van der Waals surface area (Å²) in [7, 11) is 0. The first-order valence-corrected chi connectivity index (χ1v) is 10.6. The number of piperidine rings is 1. The number of imidazole rings is 1. The Morgan fingerprint density at radius 1 is 1.21 bits per heavy atom. The molecule has 0 saturated carbocycles. The molecule has 2 aromatic carbocycles. The standard InChI is InChI=1S/C21H21N5O2S/c27-19(22-14-7-8-15-17(10-14)25-21(28)24-15)12-26-9-3-4-13(11-26)20-23-16-5-1-2-6-18(16)29-20/h1-2,5-8,10,13H,3-4,9,11-12H2,(H,22,27)(H2,24,25,28)/t13-/m1/s1. The second-order valence-corrected chi connectivity index (χ2v) is 8.54. The second kappa shape index (κ2) is 7.46. The zero-order chi connectivity index (χ0) is 19.8. The molecule has 1 atom stereocenters. The Bertz CT molecular complexity index is 1210. The molecule has 7 nitrogen and oxygen atoms in total. The molecule has 5 rings (SSSR count). The number of para-hydroxylation sites is 1. The van der Waals surface area contributed by atoms with Crippen LogP contribution in [0.15, 0.2) is 47.3 Å². The fourth-order valence-electron chi connectivity index (χ4n) is 3.98. The summed E-state index contributed by atoms with van der Waals surface area (Å²) in [4.78, 5) is 36.4. The predicted octanol–water partition coefficient (Wildman–Crippen LogP) is 3.28. The SMILES string of the molecule is O=C(CN1CCC[C@@H](c2nc3ccccc3s2)C1)Nc1ccc2[nH]c(=O)[nH]c2c1. The van der Waals surface area contributed by atoms with E-state index in [4.69, 9.17) is 4.98 Å². The highest BCUT2D eigenvalue weighted by molar-refractivity contribution is 7.18. The first-order valence-electron chi connectivity index (χ1n) is 9.74. The van der Waals surface area contributed by atoms with E-state index in [0.717, 1.165) is 42.0 Å². The Kier molecular flexibility index (Phi) is 4.65. The van der Waals surface area contributed by atoms with E-state index in [0.29, 0.717) is 23.7 Å². The Balaban J connectivity index is 1.24. The molecule has 0 spiro atoms. The molecule has 148 valence electrons. The number of anilines is 1. The summed E-state index contributed by atoms with van der Waals surface area (Å²) < 4.78 is 1.22. The van der Waals surface area contributed by atoms with Crippen molar-refractivity contribution in [3.05, 3.63) is 58.0 Å². The maximum absolute atomic E-state index is 12.6. The highest BCUT2D eigenvalue weighted by atomic mass is 32.1. The van der Waals surface area contributed by atoms with Crippen LogP contribution >= 0.6 is 11.3 Å². The Labute approximate surface area is 170 Å². The van der Waals surface area contributed by atoms with Crippen molar-refractivity contribution in [1.82, 2.24) is 19.9 Å². The molecule has 0 radical (unpaired) electrons. The van der Waals surface area contributed by atoms with Crippen LogP contribution in [0.1, 0.15) is 23.8 Å². The molecule has 1 aliphatic rings. The van der Waals surface area contributed by atoms with E-state index in [9.17, 15) is 9.59 Å². The van der Waals surface area contributed by atoms with Crippen LogP contribution in [-0.4, -0.2) is 45.4 Å². The van der Waals surface area contributed by atoms with E-state index in [1.165, 1.54) is 4.70 Å². The Morgan fingerprint density at radius 2 is 2.07 bits per heavy atom. The number of carbonyl (C=O) groups excluding carboxylic acids is 1. The average molecular weight is 407 g/mol. The second-order valence-electron chi connectivity index (χ2n) is 7.48. The summed E-state index contributed by atoms with van der Waals surface area (Å²) in [5, 5.41) is 4.10. The van der Waals surface area contributed by atoms with Gasteiger partial charge in [0.1, 0.15) is 0 Å². The summed E-state index contributed by atoms with van der Waals surface area (Å²) in [6.45, 7) is 2.11. The molecule has 0 bridgehead atoms. The van der Waals surface area contributed by atoms with Gasteiger partial charge in [0.2, 0.25) is 5.91 Å². The molecule has 1 amide bonds. The first kappa shape index (κ1) is 18.1. The number of hydrogen-bond acceptors (Lipinski definition) is 5. The van der Waals surface area contributed by atoms with Gasteiger partial charge in [0.25, 0.3) is 0 Å². The third-order valence-corrected chi connectivity index (χ3v) is 6.53. The van der Waals surface area contributed by atoms with Gasteiger partial charge in [0.05, 0.1) is 32.8 Å². The lowest BCUT2D eigenvalue weighted by Gasteiger charge is -2.31. The van der Waals surface area contributed by atoms with Crippen molar-refractivity contribution < 1.29 is 4.79 Å². The summed E-state index contributed by atoms with van der Waals surface area (Å²) >= 11 is 1.76. The topological polar surface area (TPSA) is 93.9 Å². The molecule has 29 heavy (non-hydrogen) atoms. The largest absolute Gasteiger partial charge is 0.325 e. The van der Waals surface area contributed by atoms with E-state index in [2.05, 4.69) is 32.3 Å². The minimum absolute atomic E-state index is 0.0489. The van der Waals surface area contributed by atoms with Crippen LogP contribution in [0.5, 0.6) is 0 Å². The van der Waals surface area contributed by atoms with Gasteiger partial charge in [-0.1, -0.05) is 12.1 Å². The maximum Gasteiger partial charge on any atom is 0.323 e. The Morgan fingerprint density at radius 3 is 2.97 bits per heavy atom. The van der Waals surface area contributed by atoms with Gasteiger partial charge in [0, 0.05) is 18.2 Å². The summed E-state index contributed by atoms with van der Waals surface area (Å²) in [5.74, 6) is 0.322. The number of H-pyrrole nitrogens is 2. The van der Waals surface area contributed by atoms with Crippen molar-refractivity contribution in [2.45, 2.75) is 18.8 Å². The number of nitrogens with zero attached hydrogens (tertiary/aromatic N) is 2. The number of benzene rings is 2. The summed E-state index contributed by atoms with van der Waals surface area (Å²) in [6.07, 6.45) is 2.17. The lowest BCUT2D eigenvalue weighted by Crippen LogP contribution is -2.39. The highest BCUT2D eigenvalue weighted by Crippen LogP contribution is 2.32. The van der Waals surface area contributed by atoms with E-state index >= 15 is 0 Å². The third kappa shape index (κ3) is 3.81. The first-order chi connectivity index (χ1) is 14.1. The van der Waals surface area contributed by atoms with Crippen LogP contribution in [0.2, 0.25) is 0 Å². The van der Waals surface area contributed by atoms with Crippen molar-refractivity contribution in [2.24, 2.45) is 0 Å². The van der Waals surface area contributed by atoms with Crippen LogP contribution in [0.25, 0.3) is 21.3 Å². The normalized spacial score (nSPS) is 17.7. The fourth-order valence-corrected chi connectivity index (χ4v) is 5.07. The molecule has 1 saturated heterocycles. The van der Waals surface area contributed by atoms with Gasteiger partial charge in [-0.15, -0.1) is 11.3 Å². The van der Waals surface area contributed by atoms with Crippen LogP contribution in [-0.2, 0) is 4.79 Å². The summed E-state index contributed by atoms with van der Waals surface area (Å²) in [5.41, 5.74) is 2.89. The third-order valence-electron chi connectivity index (χ3n) is 5.33. The number of likely N-dealkylation sites (tertiary alicyclic amines) is 1. The number of fused-ring (bicyclic) bond motifs is 2. The van der Waals surface area contributed by atoms with Crippen LogP contribution in [0.4, 0.5) is 5.69 Å². The number of carbonyl (C=O) groups is 1. The zero-order valence-corrected chi connectivity index (χ0v) is 16.6. The number of nitrogens with one attached hydrogen (secondary N) is 3. The zero-order valence-electron chi connectivity index (χ0n) is 15.8. The minimum atomic E-state index is -0.252. The van der Waals surface area contributed by atoms with E-state index in [-0.39, 0.29) is 11.6 Å². The lowest BCUT2D eigenvalue weighted by molar-refractivity contribution is -0.117.